The van der Waals surface area contributed by atoms with Gasteiger partial charge in [-0.3, -0.25) is 9.78 Å². The lowest BCUT2D eigenvalue weighted by Crippen LogP contribution is -2.71. The first-order chi connectivity index (χ1) is 17.2. The molecule has 1 atom stereocenters. The maximum absolute atomic E-state index is 12.9. The third kappa shape index (κ3) is 5.69. The summed E-state index contributed by atoms with van der Waals surface area (Å²) in [5, 5.41) is 14.2. The summed E-state index contributed by atoms with van der Waals surface area (Å²) < 4.78 is 44.0. The Morgan fingerprint density at radius 3 is 2.35 bits per heavy atom. The number of aromatic nitrogens is 1. The van der Waals surface area contributed by atoms with Crippen LogP contribution in [0, 0.1) is 0 Å². The largest absolute Gasteiger partial charge is 0.444 e. The van der Waals surface area contributed by atoms with Crippen molar-refractivity contribution in [1.29, 1.82) is 0 Å². The van der Waals surface area contributed by atoms with Gasteiger partial charge < -0.3 is 20.1 Å². The van der Waals surface area contributed by atoms with Gasteiger partial charge in [-0.1, -0.05) is 30.3 Å². The lowest BCUT2D eigenvalue weighted by molar-refractivity contribution is -0.137. The maximum atomic E-state index is 12.9. The van der Waals surface area contributed by atoms with Crippen molar-refractivity contribution in [2.45, 2.75) is 51.1 Å². The number of hydrogen-bond acceptors (Lipinski definition) is 5. The number of aliphatic hydroxyl groups is 1. The fourth-order valence-electron chi connectivity index (χ4n) is 4.12. The molecule has 2 heterocycles. The molecule has 1 saturated heterocycles. The predicted octanol–water partition coefficient (Wildman–Crippen LogP) is 5.02. The Hall–Kier alpha value is -3.66. The Balaban J connectivity index is 1.46. The second-order valence-corrected chi connectivity index (χ2v) is 10.3. The smallest absolute Gasteiger partial charge is 0.416 e. The molecule has 0 aliphatic carbocycles. The summed E-state index contributed by atoms with van der Waals surface area (Å²) >= 11 is 0. The zero-order chi connectivity index (χ0) is 27.2. The van der Waals surface area contributed by atoms with Gasteiger partial charge in [0.1, 0.15) is 11.2 Å². The first-order valence-corrected chi connectivity index (χ1v) is 11.7. The number of benzene rings is 2. The lowest BCUT2D eigenvalue weighted by Gasteiger charge is -2.49. The number of amides is 2. The highest BCUT2D eigenvalue weighted by molar-refractivity contribution is 6.00. The number of para-hydroxylation sites is 1. The third-order valence-corrected chi connectivity index (χ3v) is 6.23. The summed E-state index contributed by atoms with van der Waals surface area (Å²) in [7, 11) is 0. The number of hydrogen-bond donors (Lipinski definition) is 2. The van der Waals surface area contributed by atoms with Crippen LogP contribution >= 0.6 is 0 Å². The lowest BCUT2D eigenvalue weighted by atomic mass is 9.87. The van der Waals surface area contributed by atoms with Gasteiger partial charge >= 0.3 is 12.3 Å². The van der Waals surface area contributed by atoms with Gasteiger partial charge in [-0.05, 0) is 51.5 Å². The molecule has 0 bridgehead atoms. The van der Waals surface area contributed by atoms with Crippen LogP contribution in [0.1, 0.15) is 43.6 Å². The summed E-state index contributed by atoms with van der Waals surface area (Å²) in [5.41, 5.74) is -0.684. The summed E-state index contributed by atoms with van der Waals surface area (Å²) in [5.74, 6) is -0.453. The number of rotatable bonds is 4. The summed E-state index contributed by atoms with van der Waals surface area (Å²) in [6.07, 6.45) is -3.57. The molecule has 3 aromatic rings. The Labute approximate surface area is 212 Å². The average molecular weight is 516 g/mol. The minimum Gasteiger partial charge on any atom is -0.444 e. The van der Waals surface area contributed by atoms with Gasteiger partial charge in [-0.2, -0.15) is 13.2 Å². The Kier molecular flexibility index (Phi) is 6.66. The van der Waals surface area contributed by atoms with E-state index in [9.17, 15) is 27.9 Å². The molecule has 1 aromatic heterocycles. The van der Waals surface area contributed by atoms with Crippen molar-refractivity contribution in [2.75, 3.05) is 13.1 Å². The molecule has 2 N–H and O–H groups in total. The van der Waals surface area contributed by atoms with E-state index < -0.39 is 41.0 Å². The first-order valence-electron chi connectivity index (χ1n) is 11.7. The minimum atomic E-state index is -4.42. The molecular formula is C27H28F3N3O4. The highest BCUT2D eigenvalue weighted by Crippen LogP contribution is 2.33. The van der Waals surface area contributed by atoms with Gasteiger partial charge in [-0.25, -0.2) is 4.79 Å². The van der Waals surface area contributed by atoms with Crippen molar-refractivity contribution in [1.82, 2.24) is 15.2 Å². The fraction of sp³-hybridized carbons (Fsp3) is 0.370. The standard InChI is InChI=1S/C27H28F3N3O4/c1-16(26(36)14-33(15-26)24(35)37-25(2,3)4)32-23(34)19-12-18-6-5-7-21(22(18)31-13-19)17-8-10-20(11-9-17)27(28,29)30/h5-13,16,36H,14-15H2,1-4H3,(H,32,34)/t16-/m0/s1. The van der Waals surface area contributed by atoms with E-state index in [0.29, 0.717) is 22.0 Å². The van der Waals surface area contributed by atoms with Crippen LogP contribution in [0.3, 0.4) is 0 Å². The molecule has 7 nitrogen and oxygen atoms in total. The number of fused-ring (bicyclic) bond motifs is 1. The number of ether oxygens (including phenoxy) is 1. The highest BCUT2D eigenvalue weighted by Gasteiger charge is 2.49. The van der Waals surface area contributed by atoms with Crippen LogP contribution in [-0.4, -0.2) is 57.3 Å². The third-order valence-electron chi connectivity index (χ3n) is 6.23. The zero-order valence-corrected chi connectivity index (χ0v) is 20.9. The van der Waals surface area contributed by atoms with Crippen molar-refractivity contribution < 1.29 is 32.6 Å². The summed E-state index contributed by atoms with van der Waals surface area (Å²) in [6.45, 7) is 6.96. The van der Waals surface area contributed by atoms with E-state index in [1.165, 1.54) is 23.2 Å². The molecule has 10 heteroatoms. The van der Waals surface area contributed by atoms with Crippen LogP contribution in [-0.2, 0) is 10.9 Å². The van der Waals surface area contributed by atoms with Gasteiger partial charge in [0.15, 0.2) is 0 Å². The van der Waals surface area contributed by atoms with Crippen molar-refractivity contribution in [2.24, 2.45) is 0 Å². The number of halogens is 3. The van der Waals surface area contributed by atoms with Crippen molar-refractivity contribution in [3.63, 3.8) is 0 Å². The second-order valence-electron chi connectivity index (χ2n) is 10.3. The molecule has 2 aromatic carbocycles. The molecule has 37 heavy (non-hydrogen) atoms. The number of alkyl halides is 3. The molecule has 1 fully saturated rings. The van der Waals surface area contributed by atoms with Crippen LogP contribution < -0.4 is 5.32 Å². The van der Waals surface area contributed by atoms with Crippen LogP contribution in [0.2, 0.25) is 0 Å². The molecular weight excluding hydrogens is 487 g/mol. The normalized spacial score (nSPS) is 16.2. The average Bonchev–Trinajstić information content (AvgIpc) is 2.79. The van der Waals surface area contributed by atoms with E-state index in [-0.39, 0.29) is 18.7 Å². The van der Waals surface area contributed by atoms with Crippen molar-refractivity contribution >= 4 is 22.9 Å². The van der Waals surface area contributed by atoms with E-state index in [2.05, 4.69) is 10.3 Å². The van der Waals surface area contributed by atoms with Crippen molar-refractivity contribution in [3.05, 3.63) is 65.9 Å². The second kappa shape index (κ2) is 9.33. The Morgan fingerprint density at radius 2 is 1.76 bits per heavy atom. The topological polar surface area (TPSA) is 91.8 Å². The number of carbonyl (C=O) groups is 2. The Morgan fingerprint density at radius 1 is 1.11 bits per heavy atom. The van der Waals surface area contributed by atoms with Crippen LogP contribution in [0.25, 0.3) is 22.0 Å². The SMILES string of the molecule is C[C@H](NC(=O)c1cnc2c(-c3ccc(C(F)(F)F)cc3)cccc2c1)C1(O)CN(C(=O)OC(C)(C)C)C1. The van der Waals surface area contributed by atoms with Gasteiger partial charge in [0.05, 0.1) is 35.8 Å². The molecule has 0 radical (unpaired) electrons. The van der Waals surface area contributed by atoms with Crippen molar-refractivity contribution in [3.8, 4) is 11.1 Å². The van der Waals surface area contributed by atoms with Crippen LogP contribution in [0.4, 0.5) is 18.0 Å². The van der Waals surface area contributed by atoms with Gasteiger partial charge in [0.25, 0.3) is 5.91 Å². The quantitative estimate of drug-likeness (QED) is 0.509. The highest BCUT2D eigenvalue weighted by atomic mass is 19.4. The molecule has 2 amide bonds. The minimum absolute atomic E-state index is 0.0236. The van der Waals surface area contributed by atoms with E-state index in [1.807, 2.05) is 0 Å². The van der Waals surface area contributed by atoms with E-state index in [4.69, 9.17) is 4.74 Å². The molecule has 0 unspecified atom stereocenters. The van der Waals surface area contributed by atoms with E-state index in [0.717, 1.165) is 12.1 Å². The first kappa shape index (κ1) is 26.4. The summed E-state index contributed by atoms with van der Waals surface area (Å²) in [4.78, 5) is 30.8. The number of nitrogens with one attached hydrogen (secondary N) is 1. The monoisotopic (exact) mass is 515 g/mol. The maximum Gasteiger partial charge on any atom is 0.416 e. The number of carbonyl (C=O) groups excluding carboxylic acids is 2. The molecule has 0 spiro atoms. The summed E-state index contributed by atoms with van der Waals surface area (Å²) in [6, 6.07) is 11.0. The molecule has 1 aliphatic rings. The van der Waals surface area contributed by atoms with E-state index >= 15 is 0 Å². The van der Waals surface area contributed by atoms with Gasteiger partial charge in [0.2, 0.25) is 0 Å². The van der Waals surface area contributed by atoms with Gasteiger partial charge in [-0.15, -0.1) is 0 Å². The number of pyridine rings is 1. The fourth-order valence-corrected chi connectivity index (χ4v) is 4.12. The molecule has 0 saturated carbocycles. The molecule has 196 valence electrons. The van der Waals surface area contributed by atoms with Gasteiger partial charge in [0, 0.05) is 17.1 Å². The van der Waals surface area contributed by atoms with Crippen LogP contribution in [0.5, 0.6) is 0 Å². The number of nitrogens with zero attached hydrogens (tertiary/aromatic N) is 2. The molecule has 4 rings (SSSR count). The predicted molar refractivity (Wildman–Crippen MR) is 132 cm³/mol. The van der Waals surface area contributed by atoms with Crippen LogP contribution in [0.15, 0.2) is 54.7 Å². The molecule has 1 aliphatic heterocycles. The Bertz CT molecular complexity index is 1330. The number of β-amino-alcohol motifs (C(OH)–C–C–N with tert-alkyl or cyclic N) is 1. The number of likely N-dealkylation sites (tertiary alicyclic amines) is 1. The van der Waals surface area contributed by atoms with E-state index in [1.54, 1.807) is 52.0 Å². The zero-order valence-electron chi connectivity index (χ0n) is 20.9.